The van der Waals surface area contributed by atoms with Gasteiger partial charge in [0, 0.05) is 58.9 Å². The number of rotatable bonds is 7. The molecule has 3 aromatic rings. The highest BCUT2D eigenvalue weighted by atomic mass is 35.5. The molecular formula is C25H31ClN6O4S2. The second-order valence-electron chi connectivity index (χ2n) is 10.3. The van der Waals surface area contributed by atoms with E-state index in [0.29, 0.717) is 35.0 Å². The van der Waals surface area contributed by atoms with Crippen molar-refractivity contribution in [2.24, 2.45) is 5.92 Å². The first-order valence-electron chi connectivity index (χ1n) is 12.6. The van der Waals surface area contributed by atoms with Gasteiger partial charge < -0.3 is 20.5 Å². The zero-order chi connectivity index (χ0) is 27.0. The molecule has 13 heteroatoms. The number of fused-ring (bicyclic) bond motifs is 2. The summed E-state index contributed by atoms with van der Waals surface area (Å²) in [6.07, 6.45) is 3.77. The zero-order valence-electron chi connectivity index (χ0n) is 21.2. The van der Waals surface area contributed by atoms with Crippen molar-refractivity contribution in [1.82, 2.24) is 30.2 Å². The Morgan fingerprint density at radius 3 is 2.76 bits per heavy atom. The van der Waals surface area contributed by atoms with Crippen LogP contribution in [0.5, 0.6) is 0 Å². The van der Waals surface area contributed by atoms with Gasteiger partial charge in [-0.3, -0.25) is 9.59 Å². The summed E-state index contributed by atoms with van der Waals surface area (Å²) in [6.45, 7) is 1.97. The van der Waals surface area contributed by atoms with Crippen LogP contribution in [0.3, 0.4) is 0 Å². The minimum atomic E-state index is -3.33. The summed E-state index contributed by atoms with van der Waals surface area (Å²) >= 11 is 7.49. The molecule has 1 aliphatic carbocycles. The third-order valence-electron chi connectivity index (χ3n) is 7.17. The highest BCUT2D eigenvalue weighted by Crippen LogP contribution is 2.28. The van der Waals surface area contributed by atoms with Gasteiger partial charge >= 0.3 is 0 Å². The first kappa shape index (κ1) is 27.1. The number of nitrogens with one attached hydrogen (secondary N) is 4. The van der Waals surface area contributed by atoms with E-state index in [0.717, 1.165) is 47.2 Å². The molecule has 5 rings (SSSR count). The van der Waals surface area contributed by atoms with E-state index in [2.05, 4.69) is 30.2 Å². The van der Waals surface area contributed by atoms with E-state index in [1.807, 2.05) is 13.1 Å². The number of amides is 2. The Morgan fingerprint density at radius 1 is 1.18 bits per heavy atom. The van der Waals surface area contributed by atoms with E-state index < -0.39 is 10.0 Å². The lowest BCUT2D eigenvalue weighted by Crippen LogP contribution is -2.55. The predicted molar refractivity (Wildman–Crippen MR) is 148 cm³/mol. The monoisotopic (exact) mass is 578 g/mol. The molecule has 3 atom stereocenters. The predicted octanol–water partition coefficient (Wildman–Crippen LogP) is 2.51. The van der Waals surface area contributed by atoms with Crippen LogP contribution in [0.15, 0.2) is 24.3 Å². The Bertz CT molecular complexity index is 1470. The van der Waals surface area contributed by atoms with Crippen LogP contribution in [0.1, 0.15) is 50.1 Å². The van der Waals surface area contributed by atoms with Crippen molar-refractivity contribution in [2.75, 3.05) is 26.4 Å². The molecule has 1 aliphatic heterocycles. The fourth-order valence-corrected chi connectivity index (χ4v) is 6.98. The highest BCUT2D eigenvalue weighted by Gasteiger charge is 2.34. The van der Waals surface area contributed by atoms with Crippen molar-refractivity contribution in [1.29, 1.82) is 0 Å². The summed E-state index contributed by atoms with van der Waals surface area (Å²) in [5, 5.41) is 8.02. The van der Waals surface area contributed by atoms with E-state index in [4.69, 9.17) is 11.6 Å². The lowest BCUT2D eigenvalue weighted by atomic mass is 9.82. The van der Waals surface area contributed by atoms with Gasteiger partial charge in [-0.2, -0.15) is 0 Å². The normalized spacial score (nSPS) is 22.2. The number of hydrogen-bond acceptors (Lipinski definition) is 7. The Hall–Kier alpha value is -2.51. The maximum Gasteiger partial charge on any atom is 0.280 e. The summed E-state index contributed by atoms with van der Waals surface area (Å²) in [4.78, 5) is 37.5. The van der Waals surface area contributed by atoms with Gasteiger partial charge in [-0.15, -0.1) is 11.3 Å². The molecule has 2 aromatic heterocycles. The molecule has 1 saturated carbocycles. The lowest BCUT2D eigenvalue weighted by molar-refractivity contribution is 0.0843. The first-order chi connectivity index (χ1) is 18.0. The molecule has 0 saturated heterocycles. The molecule has 4 N–H and O–H groups in total. The van der Waals surface area contributed by atoms with Crippen LogP contribution in [-0.2, 0) is 23.0 Å². The second kappa shape index (κ2) is 10.9. The Labute approximate surface area is 230 Å². The molecular weight excluding hydrogens is 548 g/mol. The number of likely N-dealkylation sites (N-methyl/N-ethyl adjacent to an activating group) is 1. The summed E-state index contributed by atoms with van der Waals surface area (Å²) in [7, 11) is -1.29. The van der Waals surface area contributed by atoms with Crippen LogP contribution in [0, 0.1) is 5.92 Å². The summed E-state index contributed by atoms with van der Waals surface area (Å²) in [5.41, 5.74) is 2.18. The number of aromatic amines is 1. The van der Waals surface area contributed by atoms with Crippen molar-refractivity contribution < 1.29 is 18.0 Å². The van der Waals surface area contributed by atoms with E-state index in [1.165, 1.54) is 11.3 Å². The molecule has 1 fully saturated rings. The fourth-order valence-electron chi connectivity index (χ4n) is 5.17. The largest absolute Gasteiger partial charge is 0.351 e. The molecule has 2 amide bonds. The van der Waals surface area contributed by atoms with Crippen molar-refractivity contribution >= 4 is 55.7 Å². The molecule has 204 valence electrons. The fraction of sp³-hybridized carbons (Fsp3) is 0.480. The number of aromatic nitrogens is 2. The summed E-state index contributed by atoms with van der Waals surface area (Å²) in [6, 6.07) is 6.42. The van der Waals surface area contributed by atoms with Crippen LogP contribution in [0.2, 0.25) is 5.02 Å². The van der Waals surface area contributed by atoms with Gasteiger partial charge in [0.2, 0.25) is 10.0 Å². The van der Waals surface area contributed by atoms with Gasteiger partial charge in [0.1, 0.15) is 5.69 Å². The molecule has 0 unspecified atom stereocenters. The number of thiazole rings is 1. The average Bonchev–Trinajstić information content (AvgIpc) is 3.47. The minimum Gasteiger partial charge on any atom is -0.351 e. The molecule has 2 aliphatic rings. The van der Waals surface area contributed by atoms with Crippen LogP contribution >= 0.6 is 22.9 Å². The van der Waals surface area contributed by atoms with Gasteiger partial charge in [-0.05, 0) is 56.5 Å². The van der Waals surface area contributed by atoms with Gasteiger partial charge in [0.05, 0.1) is 11.9 Å². The topological polar surface area (TPSA) is 136 Å². The second-order valence-corrected chi connectivity index (χ2v) is 13.6. The number of H-pyrrole nitrogens is 1. The summed E-state index contributed by atoms with van der Waals surface area (Å²) in [5.74, 6) is -0.521. The maximum absolute atomic E-state index is 13.3. The highest BCUT2D eigenvalue weighted by molar-refractivity contribution is 7.88. The first-order valence-corrected chi connectivity index (χ1v) is 15.6. The standard InChI is InChI=1S/C25H31ClN6O4S2/c1-32-8-7-19-22(13-32)37-25(31-19)24(34)30-20-9-14(12-27-38(2,35)36)3-5-18(20)29-23(33)21-11-15-10-16(26)4-6-17(15)28-21/h4,6,10-11,14,18,20,27-28H,3,5,7-9,12-13H2,1-2H3,(H,29,33)(H,30,34)/t14-,18-,20+/m1/s1. The van der Waals surface area contributed by atoms with Crippen LogP contribution in [0.25, 0.3) is 10.9 Å². The molecule has 0 radical (unpaired) electrons. The van der Waals surface area contributed by atoms with Crippen LogP contribution < -0.4 is 15.4 Å². The molecule has 10 nitrogen and oxygen atoms in total. The van der Waals surface area contributed by atoms with Gasteiger partial charge in [0.15, 0.2) is 5.01 Å². The van der Waals surface area contributed by atoms with Crippen LogP contribution in [-0.4, -0.2) is 73.6 Å². The third-order valence-corrected chi connectivity index (χ3v) is 9.18. The van der Waals surface area contributed by atoms with E-state index in [-0.39, 0.29) is 36.4 Å². The van der Waals surface area contributed by atoms with Gasteiger partial charge in [-0.1, -0.05) is 11.6 Å². The number of hydrogen-bond donors (Lipinski definition) is 4. The number of sulfonamides is 1. The third kappa shape index (κ3) is 6.37. The minimum absolute atomic E-state index is 0.0246. The number of carbonyl (C=O) groups excluding carboxylic acids is 2. The average molecular weight is 579 g/mol. The Morgan fingerprint density at radius 2 is 1.97 bits per heavy atom. The molecule has 38 heavy (non-hydrogen) atoms. The van der Waals surface area contributed by atoms with Crippen molar-refractivity contribution in [3.05, 3.63) is 50.6 Å². The Kier molecular flexibility index (Phi) is 7.79. The Balaban J connectivity index is 1.32. The zero-order valence-corrected chi connectivity index (χ0v) is 23.6. The van der Waals surface area contributed by atoms with Gasteiger partial charge in [-0.25, -0.2) is 18.1 Å². The smallest absolute Gasteiger partial charge is 0.280 e. The number of halogens is 1. The van der Waals surface area contributed by atoms with E-state index in [9.17, 15) is 18.0 Å². The van der Waals surface area contributed by atoms with Crippen molar-refractivity contribution in [3.63, 3.8) is 0 Å². The molecule has 3 heterocycles. The van der Waals surface area contributed by atoms with Crippen molar-refractivity contribution in [2.45, 2.75) is 44.3 Å². The van der Waals surface area contributed by atoms with E-state index >= 15 is 0 Å². The molecule has 1 aromatic carbocycles. The SMILES string of the molecule is CN1CCc2nc(C(=O)N[C@H]3C[C@H](CNS(C)(=O)=O)CC[C@H]3NC(=O)c3cc4cc(Cl)ccc4[nH]3)sc2C1. The summed E-state index contributed by atoms with van der Waals surface area (Å²) < 4.78 is 25.9. The quantitative estimate of drug-likeness (QED) is 0.340. The molecule has 0 spiro atoms. The number of benzene rings is 1. The molecule has 0 bridgehead atoms. The maximum atomic E-state index is 13.3. The van der Waals surface area contributed by atoms with Gasteiger partial charge in [0.25, 0.3) is 11.8 Å². The van der Waals surface area contributed by atoms with E-state index in [1.54, 1.807) is 18.2 Å². The number of carbonyl (C=O) groups is 2. The number of nitrogens with zero attached hydrogens (tertiary/aromatic N) is 2. The lowest BCUT2D eigenvalue weighted by Gasteiger charge is -2.36. The van der Waals surface area contributed by atoms with Crippen LogP contribution in [0.4, 0.5) is 0 Å². The van der Waals surface area contributed by atoms with Crippen molar-refractivity contribution in [3.8, 4) is 0 Å².